The molecule has 1 fully saturated rings. The molecule has 1 unspecified atom stereocenters. The Balaban J connectivity index is 1.49. The lowest BCUT2D eigenvalue weighted by Gasteiger charge is -2.55. The first-order chi connectivity index (χ1) is 17.2. The molecule has 192 valence electrons. The number of thiophene rings is 1. The summed E-state index contributed by atoms with van der Waals surface area (Å²) in [6, 6.07) is 3.34. The molecule has 3 N–H and O–H groups in total. The molecular weight excluding hydrogens is 557 g/mol. The van der Waals surface area contributed by atoms with E-state index in [0.29, 0.717) is 9.78 Å². The van der Waals surface area contributed by atoms with Crippen molar-refractivity contribution in [3.63, 3.8) is 0 Å². The minimum absolute atomic E-state index is 0.0806. The van der Waals surface area contributed by atoms with Gasteiger partial charge in [0.1, 0.15) is 23.4 Å². The molecule has 2 aromatic heterocycles. The summed E-state index contributed by atoms with van der Waals surface area (Å²) >= 11 is 3.46. The number of thioether (sulfide) groups is 2. The van der Waals surface area contributed by atoms with Crippen molar-refractivity contribution in [2.75, 3.05) is 24.4 Å². The van der Waals surface area contributed by atoms with E-state index in [2.05, 4.69) is 20.8 Å². The Bertz CT molecular complexity index is 1260. The molecule has 0 aromatic carbocycles. The summed E-state index contributed by atoms with van der Waals surface area (Å²) in [5.41, 5.74) is -1.66. The Labute approximate surface area is 217 Å². The molecule has 0 bridgehead atoms. The Hall–Kier alpha value is -2.80. The van der Waals surface area contributed by atoms with Gasteiger partial charge in [0.05, 0.1) is 15.0 Å². The van der Waals surface area contributed by atoms with Crippen molar-refractivity contribution < 1.29 is 38.3 Å². The maximum absolute atomic E-state index is 13.2. The predicted molar refractivity (Wildman–Crippen MR) is 127 cm³/mol. The van der Waals surface area contributed by atoms with Crippen LogP contribution in [0.4, 0.5) is 0 Å². The number of rotatable bonds is 11. The van der Waals surface area contributed by atoms with Gasteiger partial charge in [0.15, 0.2) is 0 Å². The van der Waals surface area contributed by atoms with E-state index >= 15 is 0 Å². The lowest BCUT2D eigenvalue weighted by molar-refractivity contribution is -0.192. The van der Waals surface area contributed by atoms with Gasteiger partial charge in [-0.05, 0) is 27.4 Å². The largest absolute Gasteiger partial charge is 0.480 e. The van der Waals surface area contributed by atoms with Gasteiger partial charge in [0, 0.05) is 18.6 Å². The minimum Gasteiger partial charge on any atom is -0.480 e. The first-order valence-corrected chi connectivity index (χ1v) is 14.2. The number of carboxylic acid groups (broad SMARTS) is 2. The number of carboxylic acids is 2. The van der Waals surface area contributed by atoms with Crippen LogP contribution in [-0.2, 0) is 41.3 Å². The first-order valence-electron chi connectivity index (χ1n) is 9.97. The van der Waals surface area contributed by atoms with Crippen molar-refractivity contribution >= 4 is 69.4 Å². The minimum atomic E-state index is -1.80. The topological polar surface area (TPSA) is 194 Å². The van der Waals surface area contributed by atoms with E-state index < -0.39 is 52.2 Å². The van der Waals surface area contributed by atoms with Crippen molar-refractivity contribution in [3.05, 3.63) is 28.8 Å². The summed E-state index contributed by atoms with van der Waals surface area (Å²) in [5, 5.41) is 33.2. The van der Waals surface area contributed by atoms with Crippen LogP contribution in [0.25, 0.3) is 0 Å². The van der Waals surface area contributed by atoms with Crippen LogP contribution < -0.4 is 5.32 Å². The van der Waals surface area contributed by atoms with Crippen LogP contribution in [-0.4, -0.2) is 98.7 Å². The van der Waals surface area contributed by atoms with Crippen molar-refractivity contribution in [1.82, 2.24) is 30.4 Å². The lowest BCUT2D eigenvalue weighted by Crippen LogP contribution is -2.80. The Morgan fingerprint density at radius 1 is 1.39 bits per heavy atom. The third-order valence-electron chi connectivity index (χ3n) is 5.10. The molecule has 2 aliphatic rings. The highest BCUT2D eigenvalue weighted by Gasteiger charge is 2.66. The third kappa shape index (κ3) is 4.90. The Morgan fingerprint density at radius 3 is 2.81 bits per heavy atom. The number of fused-ring (bicyclic) bond motifs is 1. The second-order valence-electron chi connectivity index (χ2n) is 7.31. The first kappa shape index (κ1) is 26.3. The summed E-state index contributed by atoms with van der Waals surface area (Å²) in [7, 11) is -0.377. The number of amides is 2. The van der Waals surface area contributed by atoms with E-state index in [0.717, 1.165) is 21.3 Å². The second kappa shape index (κ2) is 10.7. The summed E-state index contributed by atoms with van der Waals surface area (Å²) in [6.45, 7) is -0.463. The summed E-state index contributed by atoms with van der Waals surface area (Å²) in [5.74, 6) is -4.05. The average molecular weight is 575 g/mol. The SMILES string of the molecule is CO[C@@]1(NC(=O)CS(=O)c2cccs2)C(=O)N2C(C(=O)O)=C(CSc3nnnn3CC(=O)O)CS[C@H]21. The van der Waals surface area contributed by atoms with Crippen molar-refractivity contribution in [1.29, 1.82) is 0 Å². The standard InChI is InChI=1S/C18H18N6O8S4/c1-32-18(19-10(25)8-36(31)12-3-2-4-33-12)15(30)24-13(14(28)29)9(6-34-16(18)24)7-35-17-20-21-22-23(17)5-11(26)27/h2-4,16H,5-8H2,1H3,(H,19,25)(H,26,27)(H,28,29)/t16-,18-,36?/m0/s1. The maximum Gasteiger partial charge on any atom is 0.352 e. The fourth-order valence-corrected chi connectivity index (χ4v) is 7.92. The molecule has 0 saturated carbocycles. The van der Waals surface area contributed by atoms with Gasteiger partial charge in [-0.15, -0.1) is 28.2 Å². The number of aliphatic carboxylic acids is 2. The van der Waals surface area contributed by atoms with Gasteiger partial charge in [-0.25, -0.2) is 9.48 Å². The molecule has 2 aromatic rings. The Kier molecular flexibility index (Phi) is 7.79. The van der Waals surface area contributed by atoms with Crippen LogP contribution in [0.3, 0.4) is 0 Å². The number of tetrazole rings is 1. The summed E-state index contributed by atoms with van der Waals surface area (Å²) < 4.78 is 19.3. The zero-order valence-corrected chi connectivity index (χ0v) is 21.6. The molecule has 0 radical (unpaired) electrons. The number of aromatic nitrogens is 4. The van der Waals surface area contributed by atoms with Gasteiger partial charge in [0.25, 0.3) is 11.6 Å². The molecule has 3 atom stereocenters. The maximum atomic E-state index is 13.2. The van der Waals surface area contributed by atoms with Crippen molar-refractivity contribution in [2.24, 2.45) is 0 Å². The van der Waals surface area contributed by atoms with E-state index in [-0.39, 0.29) is 28.1 Å². The fourth-order valence-electron chi connectivity index (χ4n) is 3.56. The number of hydrogen-bond acceptors (Lipinski definition) is 12. The van der Waals surface area contributed by atoms with Crippen molar-refractivity contribution in [2.45, 2.75) is 27.0 Å². The smallest absolute Gasteiger partial charge is 0.352 e. The molecule has 4 heterocycles. The van der Waals surface area contributed by atoms with Gasteiger partial charge in [-0.3, -0.25) is 23.5 Å². The fraction of sp³-hybridized carbons (Fsp3) is 0.389. The highest BCUT2D eigenvalue weighted by atomic mass is 32.2. The van der Waals surface area contributed by atoms with Gasteiger partial charge in [0.2, 0.25) is 11.1 Å². The number of methoxy groups -OCH3 is 1. The zero-order valence-electron chi connectivity index (χ0n) is 18.4. The summed E-state index contributed by atoms with van der Waals surface area (Å²) in [6.07, 6.45) is 0. The molecule has 14 nitrogen and oxygen atoms in total. The van der Waals surface area contributed by atoms with Crippen molar-refractivity contribution in [3.8, 4) is 0 Å². The second-order valence-corrected chi connectivity index (χ2v) is 11.9. The van der Waals surface area contributed by atoms with Crippen LogP contribution in [0.5, 0.6) is 0 Å². The number of β-lactam (4-membered cyclic amide) rings is 1. The van der Waals surface area contributed by atoms with E-state index in [4.69, 9.17) is 9.84 Å². The Morgan fingerprint density at radius 2 is 2.17 bits per heavy atom. The molecule has 36 heavy (non-hydrogen) atoms. The number of hydrogen-bond donors (Lipinski definition) is 3. The predicted octanol–water partition coefficient (Wildman–Crippen LogP) is -0.568. The van der Waals surface area contributed by atoms with Gasteiger partial charge >= 0.3 is 11.9 Å². The van der Waals surface area contributed by atoms with E-state index in [9.17, 15) is 28.5 Å². The molecule has 0 aliphatic carbocycles. The number of nitrogens with zero attached hydrogens (tertiary/aromatic N) is 5. The van der Waals surface area contributed by atoms with E-state index in [1.165, 1.54) is 30.2 Å². The van der Waals surface area contributed by atoms with E-state index in [1.807, 2.05) is 0 Å². The van der Waals surface area contributed by atoms with Crippen LogP contribution in [0.15, 0.2) is 38.1 Å². The molecule has 2 amide bonds. The number of nitrogens with one attached hydrogen (secondary N) is 1. The van der Waals surface area contributed by atoms with Crippen LogP contribution >= 0.6 is 34.9 Å². The average Bonchev–Trinajstić information content (AvgIpc) is 3.52. The number of ether oxygens (including phenoxy) is 1. The molecule has 18 heteroatoms. The molecule has 1 saturated heterocycles. The van der Waals surface area contributed by atoms with Crippen LogP contribution in [0.1, 0.15) is 0 Å². The van der Waals surface area contributed by atoms with Crippen LogP contribution in [0.2, 0.25) is 0 Å². The number of carbonyl (C=O) groups excluding carboxylic acids is 2. The zero-order chi connectivity index (χ0) is 26.0. The summed E-state index contributed by atoms with van der Waals surface area (Å²) in [4.78, 5) is 49.9. The normalized spacial score (nSPS) is 22.1. The van der Waals surface area contributed by atoms with Crippen LogP contribution in [0, 0.1) is 0 Å². The monoisotopic (exact) mass is 574 g/mol. The molecule has 0 spiro atoms. The van der Waals surface area contributed by atoms with Gasteiger partial charge < -0.3 is 20.3 Å². The van der Waals surface area contributed by atoms with Gasteiger partial charge in [-0.1, -0.05) is 17.8 Å². The van der Waals surface area contributed by atoms with E-state index in [1.54, 1.807) is 17.5 Å². The van der Waals surface area contributed by atoms with Gasteiger partial charge in [-0.2, -0.15) is 0 Å². The molecular formula is C18H18N6O8S4. The molecule has 2 aliphatic heterocycles. The quantitative estimate of drug-likeness (QED) is 0.176. The number of carbonyl (C=O) groups is 4. The highest BCUT2D eigenvalue weighted by Crippen LogP contribution is 2.47. The highest BCUT2D eigenvalue weighted by molar-refractivity contribution is 8.01. The lowest BCUT2D eigenvalue weighted by atomic mass is 9.98. The molecule has 4 rings (SSSR count). The third-order valence-corrected chi connectivity index (χ3v) is 10.1.